The number of hydrogen-bond acceptors (Lipinski definition) is 3. The first-order valence-electron chi connectivity index (χ1n) is 5.07. The van der Waals surface area contributed by atoms with Crippen LogP contribution in [0.15, 0.2) is 6.07 Å². The van der Waals surface area contributed by atoms with Crippen molar-refractivity contribution in [2.24, 2.45) is 0 Å². The normalized spacial score (nSPS) is 12.3. The molecule has 0 amide bonds. The molecular formula is C10H6BrF6NO3. The van der Waals surface area contributed by atoms with Crippen molar-refractivity contribution in [1.29, 1.82) is 0 Å². The van der Waals surface area contributed by atoms with Gasteiger partial charge in [-0.25, -0.2) is 4.98 Å². The molecule has 0 atom stereocenters. The Kier molecular flexibility index (Phi) is 5.07. The van der Waals surface area contributed by atoms with Gasteiger partial charge in [-0.3, -0.25) is 4.79 Å². The second-order valence-electron chi connectivity index (χ2n) is 3.69. The van der Waals surface area contributed by atoms with Gasteiger partial charge in [-0.15, -0.1) is 13.2 Å². The Labute approximate surface area is 121 Å². The molecule has 4 nitrogen and oxygen atoms in total. The minimum absolute atomic E-state index is 0.266. The number of carbonyl (C=O) groups is 1. The van der Waals surface area contributed by atoms with Crippen molar-refractivity contribution in [3.8, 4) is 5.75 Å². The fourth-order valence-corrected chi connectivity index (χ4v) is 1.73. The molecule has 1 rings (SSSR count). The number of alkyl halides is 7. The van der Waals surface area contributed by atoms with Gasteiger partial charge in [-0.2, -0.15) is 13.2 Å². The predicted molar refractivity (Wildman–Crippen MR) is 59.9 cm³/mol. The maximum atomic E-state index is 12.8. The first-order chi connectivity index (χ1) is 9.44. The highest BCUT2D eigenvalue weighted by Crippen LogP contribution is 2.37. The highest BCUT2D eigenvalue weighted by Gasteiger charge is 2.40. The van der Waals surface area contributed by atoms with E-state index in [4.69, 9.17) is 5.11 Å². The van der Waals surface area contributed by atoms with E-state index >= 15 is 0 Å². The van der Waals surface area contributed by atoms with Gasteiger partial charge in [-0.1, -0.05) is 15.9 Å². The molecule has 11 heteroatoms. The molecule has 0 aliphatic rings. The second-order valence-corrected chi connectivity index (χ2v) is 4.25. The van der Waals surface area contributed by atoms with Crippen LogP contribution in [-0.2, 0) is 22.7 Å². The van der Waals surface area contributed by atoms with Crippen LogP contribution in [0.4, 0.5) is 26.3 Å². The van der Waals surface area contributed by atoms with Crippen molar-refractivity contribution in [3.63, 3.8) is 0 Å². The number of hydrogen-bond donors (Lipinski definition) is 1. The fraction of sp³-hybridized carbons (Fsp3) is 0.400. The number of pyridine rings is 1. The predicted octanol–water partition coefficient (Wildman–Crippen LogP) is 3.52. The highest BCUT2D eigenvalue weighted by atomic mass is 79.9. The zero-order valence-corrected chi connectivity index (χ0v) is 11.4. The molecule has 0 aromatic carbocycles. The van der Waals surface area contributed by atoms with E-state index in [1.54, 1.807) is 0 Å². The number of nitrogens with zero attached hydrogens (tertiary/aromatic N) is 1. The Morgan fingerprint density at radius 2 is 1.86 bits per heavy atom. The summed E-state index contributed by atoms with van der Waals surface area (Å²) in [5.41, 5.74) is -3.28. The highest BCUT2D eigenvalue weighted by molar-refractivity contribution is 9.08. The number of halogens is 7. The SMILES string of the molecule is O=C(O)Cc1c(OC(F)(F)F)cc(CBr)nc1C(F)(F)F. The number of carboxylic acid groups (broad SMARTS) is 1. The number of rotatable bonds is 4. The van der Waals surface area contributed by atoms with Crippen LogP contribution in [0.5, 0.6) is 5.75 Å². The standard InChI is InChI=1S/C10H6BrF6NO3/c11-3-4-1-6(21-10(15,16)17)5(2-7(19)20)8(18-4)9(12,13)14/h1H,2-3H2,(H,19,20). The van der Waals surface area contributed by atoms with Gasteiger partial charge in [-0.05, 0) is 0 Å². The van der Waals surface area contributed by atoms with Gasteiger partial charge < -0.3 is 9.84 Å². The van der Waals surface area contributed by atoms with Gasteiger partial charge in [0, 0.05) is 17.0 Å². The molecule has 0 aliphatic heterocycles. The quantitative estimate of drug-likeness (QED) is 0.640. The molecule has 1 aromatic rings. The number of ether oxygens (including phenoxy) is 1. The van der Waals surface area contributed by atoms with E-state index in [9.17, 15) is 31.1 Å². The number of aliphatic carboxylic acids is 1. The van der Waals surface area contributed by atoms with Gasteiger partial charge in [0.2, 0.25) is 0 Å². The van der Waals surface area contributed by atoms with Crippen LogP contribution in [0.3, 0.4) is 0 Å². The molecule has 1 heterocycles. The van der Waals surface area contributed by atoms with E-state index in [-0.39, 0.29) is 11.0 Å². The lowest BCUT2D eigenvalue weighted by atomic mass is 10.1. The van der Waals surface area contributed by atoms with E-state index in [1.165, 1.54) is 0 Å². The van der Waals surface area contributed by atoms with Crippen molar-refractivity contribution < 1.29 is 41.0 Å². The van der Waals surface area contributed by atoms with Gasteiger partial charge in [0.05, 0.1) is 12.1 Å². The lowest BCUT2D eigenvalue weighted by Crippen LogP contribution is -2.22. The van der Waals surface area contributed by atoms with Gasteiger partial charge in [0.15, 0.2) is 5.69 Å². The van der Waals surface area contributed by atoms with Crippen molar-refractivity contribution >= 4 is 21.9 Å². The Balaban J connectivity index is 3.53. The summed E-state index contributed by atoms with van der Waals surface area (Å²) in [5.74, 6) is -2.98. The summed E-state index contributed by atoms with van der Waals surface area (Å²) in [4.78, 5) is 13.7. The summed E-state index contributed by atoms with van der Waals surface area (Å²) in [5, 5.41) is 8.30. The first-order valence-corrected chi connectivity index (χ1v) is 6.19. The van der Waals surface area contributed by atoms with Crippen LogP contribution in [0.1, 0.15) is 17.0 Å². The molecular weight excluding hydrogens is 376 g/mol. The van der Waals surface area contributed by atoms with Crippen LogP contribution in [0.2, 0.25) is 0 Å². The fourth-order valence-electron chi connectivity index (χ4n) is 1.44. The summed E-state index contributed by atoms with van der Waals surface area (Å²) in [6.45, 7) is 0. The maximum absolute atomic E-state index is 12.8. The summed E-state index contributed by atoms with van der Waals surface area (Å²) < 4.78 is 78.7. The largest absolute Gasteiger partial charge is 0.573 e. The van der Waals surface area contributed by atoms with E-state index < -0.39 is 41.9 Å². The second kappa shape index (κ2) is 6.08. The summed E-state index contributed by atoms with van der Waals surface area (Å²) >= 11 is 2.76. The number of carboxylic acids is 1. The van der Waals surface area contributed by atoms with Crippen LogP contribution in [-0.4, -0.2) is 22.4 Å². The van der Waals surface area contributed by atoms with E-state index in [0.29, 0.717) is 6.07 Å². The van der Waals surface area contributed by atoms with Crippen molar-refractivity contribution in [3.05, 3.63) is 23.0 Å². The zero-order valence-electron chi connectivity index (χ0n) is 9.85. The molecule has 0 fully saturated rings. The van der Waals surface area contributed by atoms with Gasteiger partial charge >= 0.3 is 18.5 Å². The third kappa shape index (κ3) is 5.06. The monoisotopic (exact) mass is 381 g/mol. The molecule has 0 radical (unpaired) electrons. The Morgan fingerprint density at radius 1 is 1.29 bits per heavy atom. The summed E-state index contributed by atoms with van der Waals surface area (Å²) in [7, 11) is 0. The lowest BCUT2D eigenvalue weighted by Gasteiger charge is -2.17. The maximum Gasteiger partial charge on any atom is 0.573 e. The third-order valence-electron chi connectivity index (χ3n) is 2.10. The third-order valence-corrected chi connectivity index (χ3v) is 2.67. The van der Waals surface area contributed by atoms with E-state index in [2.05, 4.69) is 25.7 Å². The molecule has 1 aromatic heterocycles. The van der Waals surface area contributed by atoms with Crippen molar-refractivity contribution in [1.82, 2.24) is 4.98 Å². The molecule has 0 saturated carbocycles. The minimum Gasteiger partial charge on any atom is -0.481 e. The Morgan fingerprint density at radius 3 is 2.24 bits per heavy atom. The van der Waals surface area contributed by atoms with Crippen molar-refractivity contribution in [2.75, 3.05) is 0 Å². The lowest BCUT2D eigenvalue weighted by molar-refractivity contribution is -0.275. The van der Waals surface area contributed by atoms with Crippen LogP contribution < -0.4 is 4.74 Å². The molecule has 0 spiro atoms. The van der Waals surface area contributed by atoms with Gasteiger partial charge in [0.25, 0.3) is 0 Å². The zero-order chi connectivity index (χ0) is 16.4. The molecule has 0 unspecified atom stereocenters. The van der Waals surface area contributed by atoms with Crippen molar-refractivity contribution in [2.45, 2.75) is 24.3 Å². The summed E-state index contributed by atoms with van der Waals surface area (Å²) in [6, 6.07) is 0.607. The van der Waals surface area contributed by atoms with Crippen LogP contribution in [0.25, 0.3) is 0 Å². The molecule has 0 saturated heterocycles. The van der Waals surface area contributed by atoms with E-state index in [0.717, 1.165) is 0 Å². The smallest absolute Gasteiger partial charge is 0.481 e. The molecule has 0 bridgehead atoms. The topological polar surface area (TPSA) is 59.4 Å². The van der Waals surface area contributed by atoms with Crippen LogP contribution in [0, 0.1) is 0 Å². The minimum atomic E-state index is -5.26. The summed E-state index contributed by atoms with van der Waals surface area (Å²) in [6.07, 6.45) is -11.7. The molecule has 0 aliphatic carbocycles. The Hall–Kier alpha value is -1.52. The molecule has 118 valence electrons. The van der Waals surface area contributed by atoms with E-state index in [1.807, 2.05) is 0 Å². The molecule has 1 N–H and O–H groups in total. The Bertz CT molecular complexity index is 543. The first kappa shape index (κ1) is 17.5. The number of aromatic nitrogens is 1. The van der Waals surface area contributed by atoms with Gasteiger partial charge in [0.1, 0.15) is 5.75 Å². The molecule has 21 heavy (non-hydrogen) atoms. The average Bonchev–Trinajstić information content (AvgIpc) is 2.27. The average molecular weight is 382 g/mol. The van der Waals surface area contributed by atoms with Crippen LogP contribution >= 0.6 is 15.9 Å².